The molecule has 1 aliphatic rings. The highest BCUT2D eigenvalue weighted by Crippen LogP contribution is 2.19. The smallest absolute Gasteiger partial charge is 0.309 e. The number of rotatable bonds is 6. The van der Waals surface area contributed by atoms with Gasteiger partial charge in [-0.1, -0.05) is 12.1 Å². The average Bonchev–Trinajstić information content (AvgIpc) is 2.65. The minimum atomic E-state index is -3.19. The number of hydrogen-bond donors (Lipinski definition) is 1. The molecule has 1 aromatic rings. The number of carbonyl (C=O) groups excluding carboxylic acids is 1. The van der Waals surface area contributed by atoms with Crippen molar-refractivity contribution in [1.29, 1.82) is 0 Å². The molecule has 0 aliphatic carbocycles. The molecule has 0 atom stereocenters. The number of piperidine rings is 1. The maximum absolute atomic E-state index is 11.9. The third-order valence-corrected chi connectivity index (χ3v) is 5.64. The molecule has 1 heterocycles. The number of hydrogen-bond acceptors (Lipinski definition) is 5. The van der Waals surface area contributed by atoms with Crippen LogP contribution in [0.1, 0.15) is 32.3 Å². The highest BCUT2D eigenvalue weighted by Gasteiger charge is 2.27. The molecule has 8 heteroatoms. The summed E-state index contributed by atoms with van der Waals surface area (Å²) in [6, 6.07) is 6.79. The molecule has 1 aliphatic heterocycles. The lowest BCUT2D eigenvalue weighted by atomic mass is 9.97. The van der Waals surface area contributed by atoms with Gasteiger partial charge >= 0.3 is 5.97 Å². The molecule has 0 spiro atoms. The van der Waals surface area contributed by atoms with Crippen molar-refractivity contribution < 1.29 is 17.9 Å². The van der Waals surface area contributed by atoms with Gasteiger partial charge in [-0.2, -0.15) is 0 Å². The van der Waals surface area contributed by atoms with Gasteiger partial charge in [0.25, 0.3) is 0 Å². The van der Waals surface area contributed by atoms with Crippen LogP contribution >= 0.6 is 0 Å². The van der Waals surface area contributed by atoms with Gasteiger partial charge in [0.15, 0.2) is 15.8 Å². The second kappa shape index (κ2) is 9.73. The van der Waals surface area contributed by atoms with Gasteiger partial charge in [0.2, 0.25) is 0 Å². The number of benzene rings is 1. The van der Waals surface area contributed by atoms with Gasteiger partial charge in [-0.3, -0.25) is 4.79 Å². The van der Waals surface area contributed by atoms with E-state index in [4.69, 9.17) is 4.74 Å². The number of sulfone groups is 1. The Hall–Kier alpha value is -2.09. The lowest BCUT2D eigenvalue weighted by molar-refractivity contribution is -0.149. The standard InChI is InChI=1S/C19H29N3O4S/c1-4-20-19(22-12-10-16(11-13-22)18(23)26-5-2)21-14-15-6-8-17(9-7-15)27(3,24)25/h6-9,16H,4-5,10-14H2,1-3H3,(H,20,21). The van der Waals surface area contributed by atoms with E-state index in [1.165, 1.54) is 6.26 Å². The van der Waals surface area contributed by atoms with Crippen molar-refractivity contribution in [3.8, 4) is 0 Å². The van der Waals surface area contributed by atoms with Crippen LogP contribution in [-0.2, 0) is 25.9 Å². The Bertz CT molecular complexity index is 752. The van der Waals surface area contributed by atoms with Gasteiger partial charge in [-0.15, -0.1) is 0 Å². The van der Waals surface area contributed by atoms with Crippen LogP contribution < -0.4 is 5.32 Å². The molecule has 0 amide bonds. The Labute approximate surface area is 161 Å². The molecular formula is C19H29N3O4S. The fourth-order valence-electron chi connectivity index (χ4n) is 3.02. The fourth-order valence-corrected chi connectivity index (χ4v) is 3.65. The van der Waals surface area contributed by atoms with Gasteiger partial charge in [0.1, 0.15) is 0 Å². The van der Waals surface area contributed by atoms with Crippen LogP contribution in [0.5, 0.6) is 0 Å². The lowest BCUT2D eigenvalue weighted by Crippen LogP contribution is -2.46. The zero-order valence-electron chi connectivity index (χ0n) is 16.3. The van der Waals surface area contributed by atoms with Crippen molar-refractivity contribution in [1.82, 2.24) is 10.2 Å². The van der Waals surface area contributed by atoms with Crippen LogP contribution in [-0.4, -0.2) is 57.7 Å². The lowest BCUT2D eigenvalue weighted by Gasteiger charge is -2.33. The maximum Gasteiger partial charge on any atom is 0.309 e. The molecule has 0 aromatic heterocycles. The Kier molecular flexibility index (Phi) is 7.65. The van der Waals surface area contributed by atoms with Crippen LogP contribution in [0.3, 0.4) is 0 Å². The Morgan fingerprint density at radius 3 is 2.37 bits per heavy atom. The third kappa shape index (κ3) is 6.23. The molecule has 0 radical (unpaired) electrons. The quantitative estimate of drug-likeness (QED) is 0.449. The van der Waals surface area contributed by atoms with Crippen molar-refractivity contribution in [2.45, 2.75) is 38.1 Å². The van der Waals surface area contributed by atoms with Crippen LogP contribution in [0.2, 0.25) is 0 Å². The van der Waals surface area contributed by atoms with Gasteiger partial charge in [0, 0.05) is 25.9 Å². The Balaban J connectivity index is 1.99. The second-order valence-corrected chi connectivity index (χ2v) is 8.62. The van der Waals surface area contributed by atoms with Gasteiger partial charge in [0.05, 0.1) is 24.0 Å². The van der Waals surface area contributed by atoms with Crippen molar-refractivity contribution in [3.63, 3.8) is 0 Å². The van der Waals surface area contributed by atoms with Crippen molar-refractivity contribution in [3.05, 3.63) is 29.8 Å². The van der Waals surface area contributed by atoms with Crippen LogP contribution in [0, 0.1) is 5.92 Å². The SMILES string of the molecule is CCNC(=NCc1ccc(S(C)(=O)=O)cc1)N1CCC(C(=O)OCC)CC1. The molecule has 0 unspecified atom stereocenters. The van der Waals surface area contributed by atoms with E-state index in [0.717, 1.165) is 44.0 Å². The molecule has 2 rings (SSSR count). The largest absolute Gasteiger partial charge is 0.466 e. The summed E-state index contributed by atoms with van der Waals surface area (Å²) in [5, 5.41) is 3.29. The zero-order chi connectivity index (χ0) is 19.9. The number of carbonyl (C=O) groups is 1. The van der Waals surface area contributed by atoms with E-state index in [-0.39, 0.29) is 11.9 Å². The molecule has 1 fully saturated rings. The van der Waals surface area contributed by atoms with E-state index in [2.05, 4.69) is 15.2 Å². The topological polar surface area (TPSA) is 88.1 Å². The van der Waals surface area contributed by atoms with Gasteiger partial charge < -0.3 is 15.0 Å². The predicted molar refractivity (Wildman–Crippen MR) is 105 cm³/mol. The van der Waals surface area contributed by atoms with Crippen molar-refractivity contribution >= 4 is 21.8 Å². The third-order valence-electron chi connectivity index (χ3n) is 4.51. The molecule has 7 nitrogen and oxygen atoms in total. The first-order valence-corrected chi connectivity index (χ1v) is 11.2. The van der Waals surface area contributed by atoms with Crippen molar-refractivity contribution in [2.75, 3.05) is 32.5 Å². The summed E-state index contributed by atoms with van der Waals surface area (Å²) >= 11 is 0. The molecule has 1 aromatic carbocycles. The van der Waals surface area contributed by atoms with E-state index in [1.807, 2.05) is 13.8 Å². The number of esters is 1. The predicted octanol–water partition coefficient (Wildman–Crippen LogP) is 1.83. The highest BCUT2D eigenvalue weighted by atomic mass is 32.2. The van der Waals surface area contributed by atoms with E-state index < -0.39 is 9.84 Å². The zero-order valence-corrected chi connectivity index (χ0v) is 17.1. The van der Waals surface area contributed by atoms with E-state index >= 15 is 0 Å². The van der Waals surface area contributed by atoms with E-state index in [0.29, 0.717) is 18.0 Å². The summed E-state index contributed by atoms with van der Waals surface area (Å²) in [5.41, 5.74) is 0.944. The summed E-state index contributed by atoms with van der Waals surface area (Å²) in [4.78, 5) is 19.0. The number of likely N-dealkylation sites (tertiary alicyclic amines) is 1. The Morgan fingerprint density at radius 1 is 1.22 bits per heavy atom. The second-order valence-electron chi connectivity index (χ2n) is 6.60. The summed E-state index contributed by atoms with van der Waals surface area (Å²) in [7, 11) is -3.19. The molecule has 0 saturated carbocycles. The normalized spacial score (nSPS) is 16.3. The summed E-state index contributed by atoms with van der Waals surface area (Å²) in [5.74, 6) is 0.671. The maximum atomic E-state index is 11.9. The summed E-state index contributed by atoms with van der Waals surface area (Å²) < 4.78 is 28.2. The average molecular weight is 396 g/mol. The number of nitrogens with zero attached hydrogens (tertiary/aromatic N) is 2. The first-order chi connectivity index (χ1) is 12.8. The minimum Gasteiger partial charge on any atom is -0.466 e. The van der Waals surface area contributed by atoms with Crippen molar-refractivity contribution in [2.24, 2.45) is 10.9 Å². The van der Waals surface area contributed by atoms with E-state index in [1.54, 1.807) is 24.3 Å². The first-order valence-electron chi connectivity index (χ1n) is 9.34. The van der Waals surface area contributed by atoms with E-state index in [9.17, 15) is 13.2 Å². The van der Waals surface area contributed by atoms with Crippen LogP contribution in [0.15, 0.2) is 34.2 Å². The monoisotopic (exact) mass is 395 g/mol. The number of aliphatic imine (C=N–C) groups is 1. The molecular weight excluding hydrogens is 366 g/mol. The van der Waals surface area contributed by atoms with Gasteiger partial charge in [-0.25, -0.2) is 13.4 Å². The summed E-state index contributed by atoms with van der Waals surface area (Å²) in [6.07, 6.45) is 2.71. The fraction of sp³-hybridized carbons (Fsp3) is 0.579. The molecule has 0 bridgehead atoms. The highest BCUT2D eigenvalue weighted by molar-refractivity contribution is 7.90. The molecule has 27 heavy (non-hydrogen) atoms. The molecule has 1 saturated heterocycles. The molecule has 1 N–H and O–H groups in total. The van der Waals surface area contributed by atoms with Crippen LogP contribution in [0.4, 0.5) is 0 Å². The number of nitrogens with one attached hydrogen (secondary N) is 1. The van der Waals surface area contributed by atoms with Crippen LogP contribution in [0.25, 0.3) is 0 Å². The number of guanidine groups is 1. The molecule has 150 valence electrons. The van der Waals surface area contributed by atoms with Gasteiger partial charge in [-0.05, 0) is 44.4 Å². The summed E-state index contributed by atoms with van der Waals surface area (Å²) in [6.45, 7) is 6.98. The Morgan fingerprint density at radius 2 is 1.85 bits per heavy atom. The first kappa shape index (κ1) is 21.2. The minimum absolute atomic E-state index is 0.0346. The number of ether oxygens (including phenoxy) is 1.